The number of rotatable bonds is 7. The second kappa shape index (κ2) is 8.85. The summed E-state index contributed by atoms with van der Waals surface area (Å²) in [5.41, 5.74) is 1.82. The summed E-state index contributed by atoms with van der Waals surface area (Å²) in [5.74, 6) is -0.212. The number of aliphatic hydroxyl groups excluding tert-OH is 1. The molecule has 2 aromatic carbocycles. The highest BCUT2D eigenvalue weighted by atomic mass is 35.5. The van der Waals surface area contributed by atoms with Crippen molar-refractivity contribution in [2.45, 2.75) is 25.0 Å². The monoisotopic (exact) mass is 499 g/mol. The Hall–Kier alpha value is -3.08. The van der Waals surface area contributed by atoms with E-state index in [1.807, 2.05) is 44.1 Å². The van der Waals surface area contributed by atoms with Crippen molar-refractivity contribution in [1.29, 1.82) is 0 Å². The summed E-state index contributed by atoms with van der Waals surface area (Å²) in [6, 6.07) is 12.7. The quantitative estimate of drug-likeness (QED) is 0.365. The van der Waals surface area contributed by atoms with E-state index in [4.69, 9.17) is 0 Å². The number of halogens is 1. The number of anilines is 3. The molecule has 2 bridgehead atoms. The molecule has 0 radical (unpaired) electrons. The van der Waals surface area contributed by atoms with Gasteiger partial charge in [-0.1, -0.05) is 6.92 Å². The molecule has 186 valence electrons. The van der Waals surface area contributed by atoms with Crippen LogP contribution in [0.1, 0.15) is 23.7 Å². The Kier molecular flexibility index (Phi) is 6.33. The lowest BCUT2D eigenvalue weighted by molar-refractivity contribution is -0.133. The summed E-state index contributed by atoms with van der Waals surface area (Å²) in [4.78, 5) is 18.0. The number of hydrogen-bond acceptors (Lipinski definition) is 8. The van der Waals surface area contributed by atoms with Crippen LogP contribution in [0.15, 0.2) is 67.0 Å². The van der Waals surface area contributed by atoms with Crippen LogP contribution < -0.4 is 32.1 Å². The topological polar surface area (TPSA) is 90.7 Å². The SMILES string of the molecule is CCC1N(O)c2ccc3cc2[N+]1(O)N3C1(C(=O)c2ccc(N(C)C)cc2)C=CN(CCO)C=C1.[Cl-]. The fourth-order valence-corrected chi connectivity index (χ4v) is 5.20. The largest absolute Gasteiger partial charge is 1.00 e. The third-order valence-corrected chi connectivity index (χ3v) is 6.93. The minimum absolute atomic E-state index is 0. The van der Waals surface area contributed by atoms with E-state index in [1.165, 1.54) is 0 Å². The van der Waals surface area contributed by atoms with Gasteiger partial charge in [0, 0.05) is 56.8 Å². The van der Waals surface area contributed by atoms with Gasteiger partial charge < -0.3 is 27.3 Å². The maximum absolute atomic E-state index is 14.2. The Morgan fingerprint density at radius 1 is 1.11 bits per heavy atom. The molecule has 0 saturated heterocycles. The zero-order valence-corrected chi connectivity index (χ0v) is 20.7. The maximum Gasteiger partial charge on any atom is 0.246 e. The number of nitrogens with zero attached hydrogens (tertiary/aromatic N) is 5. The normalized spacial score (nSPS) is 23.0. The van der Waals surface area contributed by atoms with Gasteiger partial charge in [0.2, 0.25) is 17.6 Å². The molecular formula is C25H30ClN5O4. The first-order valence-electron chi connectivity index (χ1n) is 11.4. The molecule has 0 spiro atoms. The molecule has 2 aromatic rings. The molecule has 3 aliphatic rings. The Morgan fingerprint density at radius 3 is 2.34 bits per heavy atom. The Labute approximate surface area is 210 Å². The molecule has 9 nitrogen and oxygen atoms in total. The molecule has 3 aliphatic heterocycles. The van der Waals surface area contributed by atoms with Gasteiger partial charge in [0.15, 0.2) is 5.54 Å². The molecule has 2 atom stereocenters. The van der Waals surface area contributed by atoms with Crippen LogP contribution in [0.25, 0.3) is 0 Å². The van der Waals surface area contributed by atoms with Crippen molar-refractivity contribution in [2.75, 3.05) is 42.2 Å². The molecule has 0 fully saturated rings. The summed E-state index contributed by atoms with van der Waals surface area (Å²) in [6.45, 7) is 2.23. The predicted octanol–water partition coefficient (Wildman–Crippen LogP) is 0.0904. The van der Waals surface area contributed by atoms with Crippen LogP contribution in [0, 0.1) is 0 Å². The Morgan fingerprint density at radius 2 is 1.77 bits per heavy atom. The van der Waals surface area contributed by atoms with Crippen molar-refractivity contribution < 1.29 is 32.7 Å². The number of Topliss-reactive ketones (excluding diaryl/α,β-unsaturated/α-hetero) is 1. The van der Waals surface area contributed by atoms with Gasteiger partial charge in [0.25, 0.3) is 0 Å². The molecular weight excluding hydrogens is 470 g/mol. The third kappa shape index (κ3) is 3.42. The van der Waals surface area contributed by atoms with Gasteiger partial charge in [-0.15, -0.1) is 0 Å². The van der Waals surface area contributed by atoms with Gasteiger partial charge >= 0.3 is 0 Å². The second-order valence-electron chi connectivity index (χ2n) is 9.06. The zero-order chi connectivity index (χ0) is 24.3. The van der Waals surface area contributed by atoms with Crippen LogP contribution in [0.5, 0.6) is 0 Å². The van der Waals surface area contributed by atoms with E-state index in [9.17, 15) is 20.3 Å². The zero-order valence-electron chi connectivity index (χ0n) is 19.9. The highest BCUT2D eigenvalue weighted by molar-refractivity contribution is 6.10. The van der Waals surface area contributed by atoms with Gasteiger partial charge in [-0.2, -0.15) is 15.3 Å². The van der Waals surface area contributed by atoms with E-state index < -0.39 is 16.5 Å². The van der Waals surface area contributed by atoms with Crippen molar-refractivity contribution in [2.24, 2.45) is 0 Å². The van der Waals surface area contributed by atoms with E-state index in [1.54, 1.807) is 58.7 Å². The van der Waals surface area contributed by atoms with Gasteiger partial charge in [0.1, 0.15) is 11.4 Å². The van der Waals surface area contributed by atoms with Crippen LogP contribution in [-0.4, -0.2) is 65.2 Å². The summed E-state index contributed by atoms with van der Waals surface area (Å²) < 4.78 is -0.721. The summed E-state index contributed by atoms with van der Waals surface area (Å²) >= 11 is 0. The number of carbonyl (C=O) groups excluding carboxylic acids is 1. The van der Waals surface area contributed by atoms with Crippen molar-refractivity contribution in [3.8, 4) is 0 Å². The number of ketones is 1. The number of quaternary nitrogens is 1. The number of fused-ring (bicyclic) bond motifs is 1. The van der Waals surface area contributed by atoms with Crippen LogP contribution in [0.2, 0.25) is 0 Å². The third-order valence-electron chi connectivity index (χ3n) is 6.93. The predicted molar refractivity (Wildman–Crippen MR) is 131 cm³/mol. The first kappa shape index (κ1) is 25.0. The van der Waals surface area contributed by atoms with Crippen molar-refractivity contribution in [1.82, 2.24) is 9.66 Å². The average molecular weight is 500 g/mol. The number of hydroxylamine groups is 2. The van der Waals surface area contributed by atoms with E-state index in [0.717, 1.165) is 10.8 Å². The lowest BCUT2D eigenvalue weighted by Gasteiger charge is -2.46. The fraction of sp³-hybridized carbons (Fsp3) is 0.320. The van der Waals surface area contributed by atoms with E-state index in [-0.39, 0.29) is 24.8 Å². The minimum Gasteiger partial charge on any atom is -1.00 e. The summed E-state index contributed by atoms with van der Waals surface area (Å²) in [7, 11) is 3.88. The standard InChI is InChI=1S/C25H30N5O4.ClH/c1-4-23-28(33)21-10-9-20-17-22(21)30(23,34)29(20)25(11-13-27(14-12-25)15-16-31)24(32)18-5-7-19(8-6-18)26(2)3;/h5-14,17,23,31,33-34H,4,15-16H2,1-3H3;1H/q+1;/p-1. The van der Waals surface area contributed by atoms with Gasteiger partial charge in [-0.05, 0) is 53.3 Å². The van der Waals surface area contributed by atoms with Crippen LogP contribution in [-0.2, 0) is 0 Å². The van der Waals surface area contributed by atoms with E-state index in [0.29, 0.717) is 35.6 Å². The summed E-state index contributed by atoms with van der Waals surface area (Å²) in [5, 5.41) is 35.1. The molecule has 0 aromatic heterocycles. The molecule has 0 amide bonds. The molecule has 0 saturated carbocycles. The Balaban J connectivity index is 0.00000289. The number of hydrogen-bond donors (Lipinski definition) is 3. The van der Waals surface area contributed by atoms with Crippen LogP contribution in [0.3, 0.4) is 0 Å². The smallest absolute Gasteiger partial charge is 0.246 e. The number of β-amino-alcohol motifs (C(OH)–C–C–N with tert-alkyl or cyclic N) is 1. The number of aliphatic hydroxyl groups is 1. The first-order valence-corrected chi connectivity index (χ1v) is 11.4. The average Bonchev–Trinajstić information content (AvgIpc) is 3.19. The number of carbonyl (C=O) groups is 1. The van der Waals surface area contributed by atoms with Crippen molar-refractivity contribution in [3.63, 3.8) is 0 Å². The highest BCUT2D eigenvalue weighted by Gasteiger charge is 2.66. The lowest BCUT2D eigenvalue weighted by Crippen LogP contribution is -3.00. The minimum atomic E-state index is -1.37. The van der Waals surface area contributed by atoms with E-state index in [2.05, 4.69) is 0 Å². The van der Waals surface area contributed by atoms with Gasteiger partial charge in [-0.3, -0.25) is 10.0 Å². The molecule has 35 heavy (non-hydrogen) atoms. The van der Waals surface area contributed by atoms with Crippen LogP contribution >= 0.6 is 0 Å². The molecule has 5 rings (SSSR count). The van der Waals surface area contributed by atoms with E-state index >= 15 is 0 Å². The van der Waals surface area contributed by atoms with Crippen LogP contribution in [0.4, 0.5) is 22.7 Å². The molecule has 10 heteroatoms. The fourth-order valence-electron chi connectivity index (χ4n) is 5.20. The molecule has 0 aliphatic carbocycles. The van der Waals surface area contributed by atoms with Crippen molar-refractivity contribution in [3.05, 3.63) is 72.6 Å². The number of benzene rings is 2. The highest BCUT2D eigenvalue weighted by Crippen LogP contribution is 2.55. The summed E-state index contributed by atoms with van der Waals surface area (Å²) in [6.07, 6.45) is 6.75. The molecule has 3 heterocycles. The Bertz CT molecular complexity index is 1170. The molecule has 3 N–H and O–H groups in total. The maximum atomic E-state index is 14.2. The van der Waals surface area contributed by atoms with Gasteiger partial charge in [0.05, 0.1) is 6.61 Å². The second-order valence-corrected chi connectivity index (χ2v) is 9.06. The molecule has 2 unspecified atom stereocenters. The van der Waals surface area contributed by atoms with Gasteiger partial charge in [-0.25, -0.2) is 0 Å². The van der Waals surface area contributed by atoms with Crippen molar-refractivity contribution >= 4 is 28.5 Å². The lowest BCUT2D eigenvalue weighted by atomic mass is 9.86. The first-order chi connectivity index (χ1) is 16.3.